The van der Waals surface area contributed by atoms with E-state index in [0.29, 0.717) is 18.1 Å². The minimum atomic E-state index is 0.477. The Labute approximate surface area is 224 Å². The molecule has 2 heteroatoms. The molecule has 0 aliphatic heterocycles. The maximum absolute atomic E-state index is 8.32. The highest BCUT2D eigenvalue weighted by Gasteiger charge is 2.15. The third-order valence-corrected chi connectivity index (χ3v) is 7.53. The summed E-state index contributed by atoms with van der Waals surface area (Å²) in [6.45, 7) is 0. The Morgan fingerprint density at radius 1 is 0.368 bits per heavy atom. The predicted molar refractivity (Wildman–Crippen MR) is 161 cm³/mol. The van der Waals surface area contributed by atoms with Crippen LogP contribution in [0.1, 0.15) is 4.11 Å². The molecule has 0 saturated heterocycles. The van der Waals surface area contributed by atoms with Gasteiger partial charge in [-0.05, 0) is 71.8 Å². The third kappa shape index (κ3) is 3.07. The molecule has 0 bridgehead atoms. The molecular weight excluding hydrogens is 460 g/mol. The first-order valence-corrected chi connectivity index (χ1v) is 12.8. The Morgan fingerprint density at radius 2 is 0.816 bits per heavy atom. The zero-order chi connectivity index (χ0) is 27.7. The standard InChI is InChI=1S/C36H24N2/c1-3-11-27(12-4-1)37-33-17-9-7-15-29(33)31-23-25(19-21-35(31)37)26-20-22-36-32(24-26)30-16-8-10-18-34(30)38(36)28-13-5-2-6-14-28/h1-24H/i1D,7D,8D. The van der Waals surface area contributed by atoms with Crippen molar-refractivity contribution in [1.29, 1.82) is 0 Å². The quantitative estimate of drug-likeness (QED) is 0.235. The van der Waals surface area contributed by atoms with Gasteiger partial charge in [-0.3, -0.25) is 0 Å². The van der Waals surface area contributed by atoms with Crippen molar-refractivity contribution in [3.05, 3.63) is 146 Å². The maximum Gasteiger partial charge on any atom is 0.0623 e. The van der Waals surface area contributed by atoms with Gasteiger partial charge < -0.3 is 9.13 Å². The first-order chi connectivity index (χ1) is 20.0. The Balaban J connectivity index is 1.37. The van der Waals surface area contributed by atoms with Crippen molar-refractivity contribution in [2.45, 2.75) is 0 Å². The van der Waals surface area contributed by atoms with Gasteiger partial charge in [0.15, 0.2) is 0 Å². The number of para-hydroxylation sites is 4. The van der Waals surface area contributed by atoms with Crippen LogP contribution >= 0.6 is 0 Å². The molecule has 8 aromatic rings. The summed E-state index contributed by atoms with van der Waals surface area (Å²) in [5.41, 5.74) is 8.57. The summed E-state index contributed by atoms with van der Waals surface area (Å²) < 4.78 is 29.0. The van der Waals surface area contributed by atoms with Crippen LogP contribution in [0.25, 0.3) is 66.1 Å². The molecule has 0 spiro atoms. The topological polar surface area (TPSA) is 9.86 Å². The molecule has 0 fully saturated rings. The van der Waals surface area contributed by atoms with E-state index in [-0.39, 0.29) is 0 Å². The maximum atomic E-state index is 8.32. The minimum absolute atomic E-state index is 0.477. The van der Waals surface area contributed by atoms with E-state index in [1.165, 1.54) is 0 Å². The highest BCUT2D eigenvalue weighted by Crippen LogP contribution is 2.38. The molecular formula is C36H24N2. The molecule has 0 N–H and O–H groups in total. The largest absolute Gasteiger partial charge is 0.309 e. The van der Waals surface area contributed by atoms with Gasteiger partial charge in [0.25, 0.3) is 0 Å². The summed E-state index contributed by atoms with van der Waals surface area (Å²) >= 11 is 0. The van der Waals surface area contributed by atoms with E-state index in [2.05, 4.69) is 69.8 Å². The summed E-state index contributed by atoms with van der Waals surface area (Å²) in [4.78, 5) is 0. The first kappa shape index (κ1) is 18.2. The number of nitrogens with zero attached hydrogens (tertiary/aromatic N) is 2. The molecule has 0 amide bonds. The highest BCUT2D eigenvalue weighted by atomic mass is 15.0. The van der Waals surface area contributed by atoms with Gasteiger partial charge in [0.05, 0.1) is 26.2 Å². The lowest BCUT2D eigenvalue weighted by atomic mass is 10.0. The lowest BCUT2D eigenvalue weighted by Gasteiger charge is -2.09. The molecule has 38 heavy (non-hydrogen) atoms. The van der Waals surface area contributed by atoms with Crippen LogP contribution in [0.15, 0.2) is 146 Å². The van der Waals surface area contributed by atoms with E-state index in [4.69, 9.17) is 4.11 Å². The number of rotatable bonds is 3. The SMILES string of the molecule is [2H]c1ccc(-n2c3ccc([2H])cc3c3cc(-c4ccc5c(c4)c4cc([2H])ccc4n5-c4ccccc4)ccc32)cc1. The fourth-order valence-electron chi connectivity index (χ4n) is 5.84. The van der Waals surface area contributed by atoms with Crippen LogP contribution in [0, 0.1) is 0 Å². The Kier molecular flexibility index (Phi) is 3.94. The second-order valence-corrected chi connectivity index (χ2v) is 9.61. The number of fused-ring (bicyclic) bond motifs is 6. The molecule has 2 heterocycles. The van der Waals surface area contributed by atoms with E-state index in [1.807, 2.05) is 66.7 Å². The van der Waals surface area contributed by atoms with Crippen molar-refractivity contribution in [2.75, 3.05) is 0 Å². The van der Waals surface area contributed by atoms with Crippen molar-refractivity contribution >= 4 is 43.6 Å². The van der Waals surface area contributed by atoms with Gasteiger partial charge in [0.2, 0.25) is 0 Å². The molecule has 2 nitrogen and oxygen atoms in total. The fraction of sp³-hybridized carbons (Fsp3) is 0. The molecule has 0 unspecified atom stereocenters. The second-order valence-electron chi connectivity index (χ2n) is 9.61. The minimum Gasteiger partial charge on any atom is -0.309 e. The number of aromatic nitrogens is 2. The van der Waals surface area contributed by atoms with Crippen LogP contribution < -0.4 is 0 Å². The summed E-state index contributed by atoms with van der Waals surface area (Å²) in [6.07, 6.45) is 0. The van der Waals surface area contributed by atoms with Gasteiger partial charge in [-0.25, -0.2) is 0 Å². The van der Waals surface area contributed by atoms with Crippen molar-refractivity contribution in [3.8, 4) is 22.5 Å². The number of benzene rings is 6. The van der Waals surface area contributed by atoms with Gasteiger partial charge in [0.1, 0.15) is 0 Å². The monoisotopic (exact) mass is 487 g/mol. The average molecular weight is 488 g/mol. The summed E-state index contributed by atoms with van der Waals surface area (Å²) in [5, 5.41) is 4.29. The normalized spacial score (nSPS) is 12.8. The lowest BCUT2D eigenvalue weighted by molar-refractivity contribution is 1.18. The summed E-state index contributed by atoms with van der Waals surface area (Å²) in [5.74, 6) is 0. The van der Waals surface area contributed by atoms with Gasteiger partial charge >= 0.3 is 0 Å². The third-order valence-electron chi connectivity index (χ3n) is 7.53. The first-order valence-electron chi connectivity index (χ1n) is 14.3. The summed E-state index contributed by atoms with van der Waals surface area (Å²) in [7, 11) is 0. The molecule has 8 rings (SSSR count). The zero-order valence-electron chi connectivity index (χ0n) is 23.5. The van der Waals surface area contributed by atoms with E-state index >= 15 is 0 Å². The van der Waals surface area contributed by atoms with Crippen molar-refractivity contribution < 1.29 is 4.11 Å². The second kappa shape index (κ2) is 8.22. The van der Waals surface area contributed by atoms with Crippen molar-refractivity contribution in [1.82, 2.24) is 9.13 Å². The van der Waals surface area contributed by atoms with E-state index < -0.39 is 0 Å². The Bertz CT molecular complexity index is 2280. The number of hydrogen-bond donors (Lipinski definition) is 0. The summed E-state index contributed by atoms with van der Waals surface area (Å²) in [6, 6.07) is 44.1. The molecule has 2 aromatic heterocycles. The molecule has 0 aliphatic carbocycles. The van der Waals surface area contributed by atoms with E-state index in [0.717, 1.165) is 66.1 Å². The molecule has 178 valence electrons. The van der Waals surface area contributed by atoms with Gasteiger partial charge in [-0.1, -0.05) is 84.9 Å². The van der Waals surface area contributed by atoms with Crippen LogP contribution in [-0.4, -0.2) is 9.13 Å². The van der Waals surface area contributed by atoms with Crippen LogP contribution in [-0.2, 0) is 0 Å². The van der Waals surface area contributed by atoms with Crippen LogP contribution in [0.2, 0.25) is 0 Å². The molecule has 0 radical (unpaired) electrons. The van der Waals surface area contributed by atoms with Crippen molar-refractivity contribution in [2.24, 2.45) is 0 Å². The Hall–Kier alpha value is -5.08. The molecule has 0 atom stereocenters. The van der Waals surface area contributed by atoms with Crippen molar-refractivity contribution in [3.63, 3.8) is 0 Å². The highest BCUT2D eigenvalue weighted by molar-refractivity contribution is 6.12. The zero-order valence-corrected chi connectivity index (χ0v) is 20.5. The van der Waals surface area contributed by atoms with Crippen LogP contribution in [0.5, 0.6) is 0 Å². The predicted octanol–water partition coefficient (Wildman–Crippen LogP) is 9.55. The van der Waals surface area contributed by atoms with E-state index in [9.17, 15) is 0 Å². The fourth-order valence-corrected chi connectivity index (χ4v) is 5.84. The lowest BCUT2D eigenvalue weighted by Crippen LogP contribution is -1.93. The van der Waals surface area contributed by atoms with Crippen LogP contribution in [0.4, 0.5) is 0 Å². The molecule has 0 aliphatic rings. The van der Waals surface area contributed by atoms with E-state index in [1.54, 1.807) is 0 Å². The van der Waals surface area contributed by atoms with Gasteiger partial charge in [0, 0.05) is 32.9 Å². The van der Waals surface area contributed by atoms with Crippen LogP contribution in [0.3, 0.4) is 0 Å². The Morgan fingerprint density at radius 3 is 1.34 bits per heavy atom. The average Bonchev–Trinajstić information content (AvgIpc) is 3.49. The molecule has 0 saturated carbocycles. The number of hydrogen-bond acceptors (Lipinski definition) is 0. The smallest absolute Gasteiger partial charge is 0.0623 e. The molecule has 6 aromatic carbocycles. The van der Waals surface area contributed by atoms with Gasteiger partial charge in [-0.15, -0.1) is 0 Å². The van der Waals surface area contributed by atoms with Gasteiger partial charge in [-0.2, -0.15) is 0 Å².